The number of rotatable bonds is 7. The largest absolute Gasteiger partial charge is 0.420 e. The van der Waals surface area contributed by atoms with Crippen molar-refractivity contribution in [1.82, 2.24) is 14.7 Å². The highest BCUT2D eigenvalue weighted by Crippen LogP contribution is 2.40. The maximum Gasteiger partial charge on any atom is 0.313 e. The Kier molecular flexibility index (Phi) is 7.81. The first-order chi connectivity index (χ1) is 17.2. The van der Waals surface area contributed by atoms with Crippen molar-refractivity contribution in [2.45, 2.75) is 39.2 Å². The third-order valence-electron chi connectivity index (χ3n) is 6.15. The third kappa shape index (κ3) is 5.18. The Labute approximate surface area is 219 Å². The summed E-state index contributed by atoms with van der Waals surface area (Å²) in [6, 6.07) is 14.5. The smallest absolute Gasteiger partial charge is 0.313 e. The molecule has 0 radical (unpaired) electrons. The van der Waals surface area contributed by atoms with Crippen LogP contribution in [0.15, 0.2) is 59.5 Å². The summed E-state index contributed by atoms with van der Waals surface area (Å²) < 4.78 is 7.00. The molecule has 0 unspecified atom stereocenters. The first kappa shape index (κ1) is 25.9. The maximum atomic E-state index is 13.6. The van der Waals surface area contributed by atoms with Crippen molar-refractivity contribution in [1.29, 1.82) is 0 Å². The van der Waals surface area contributed by atoms with E-state index >= 15 is 0 Å². The molecule has 1 atom stereocenters. The van der Waals surface area contributed by atoms with Gasteiger partial charge in [-0.25, -0.2) is 0 Å². The van der Waals surface area contributed by atoms with Crippen LogP contribution >= 0.6 is 23.2 Å². The lowest BCUT2D eigenvalue weighted by atomic mass is 9.83. The minimum Gasteiger partial charge on any atom is -0.420 e. The van der Waals surface area contributed by atoms with Crippen LogP contribution < -0.4 is 10.2 Å². The van der Waals surface area contributed by atoms with Crippen molar-refractivity contribution in [3.05, 3.63) is 91.8 Å². The Morgan fingerprint density at radius 3 is 2.22 bits per heavy atom. The number of halogens is 2. The molecular weight excluding hydrogens is 501 g/mol. The second-order valence-corrected chi connectivity index (χ2v) is 9.99. The monoisotopic (exact) mass is 527 g/mol. The van der Waals surface area contributed by atoms with E-state index in [0.29, 0.717) is 29.6 Å². The van der Waals surface area contributed by atoms with Crippen molar-refractivity contribution < 1.29 is 14.3 Å². The number of aromatic nitrogens is 2. The first-order valence-corrected chi connectivity index (χ1v) is 12.6. The van der Waals surface area contributed by atoms with Crippen molar-refractivity contribution in [3.63, 3.8) is 0 Å². The van der Waals surface area contributed by atoms with Crippen LogP contribution in [0.25, 0.3) is 0 Å². The normalized spacial score (nSPS) is 15.4. The lowest BCUT2D eigenvalue weighted by Gasteiger charge is -2.39. The van der Waals surface area contributed by atoms with Gasteiger partial charge in [-0.05, 0) is 41.8 Å². The molecule has 1 aliphatic rings. The quantitative estimate of drug-likeness (QED) is 0.386. The predicted molar refractivity (Wildman–Crippen MR) is 139 cm³/mol. The van der Waals surface area contributed by atoms with Crippen LogP contribution in [-0.2, 0) is 4.79 Å². The van der Waals surface area contributed by atoms with Crippen LogP contribution in [0.3, 0.4) is 0 Å². The van der Waals surface area contributed by atoms with E-state index in [1.165, 1.54) is 4.68 Å². The summed E-state index contributed by atoms with van der Waals surface area (Å²) in [6.45, 7) is 6.09. The number of hydrogen-bond acceptors (Lipinski definition) is 5. The number of benzene rings is 2. The van der Waals surface area contributed by atoms with Crippen molar-refractivity contribution in [2.75, 3.05) is 13.1 Å². The van der Waals surface area contributed by atoms with Crippen LogP contribution in [0.5, 0.6) is 5.75 Å². The van der Waals surface area contributed by atoms with E-state index in [0.717, 1.165) is 17.3 Å². The van der Waals surface area contributed by atoms with Gasteiger partial charge in [0, 0.05) is 29.1 Å². The van der Waals surface area contributed by atoms with Gasteiger partial charge >= 0.3 is 5.97 Å². The van der Waals surface area contributed by atoms with Gasteiger partial charge in [0.25, 0.3) is 5.91 Å². The molecule has 0 aliphatic carbocycles. The molecular formula is C27H27Cl2N3O4. The average molecular weight is 528 g/mol. The zero-order valence-electron chi connectivity index (χ0n) is 20.3. The summed E-state index contributed by atoms with van der Waals surface area (Å²) in [7, 11) is 0. The van der Waals surface area contributed by atoms with Crippen LogP contribution in [0.4, 0.5) is 0 Å². The highest BCUT2D eigenvalue weighted by Gasteiger charge is 2.40. The number of fused-ring (bicyclic) bond motifs is 1. The molecule has 0 fully saturated rings. The van der Waals surface area contributed by atoms with Gasteiger partial charge in [0.05, 0.1) is 18.2 Å². The minimum absolute atomic E-state index is 0.0322. The lowest BCUT2D eigenvalue weighted by molar-refractivity contribution is -0.137. The molecule has 2 aromatic carbocycles. The van der Waals surface area contributed by atoms with Crippen molar-refractivity contribution >= 4 is 35.1 Å². The second kappa shape index (κ2) is 10.8. The van der Waals surface area contributed by atoms with E-state index in [1.807, 2.05) is 43.3 Å². The minimum atomic E-state index is -0.622. The Balaban J connectivity index is 1.96. The van der Waals surface area contributed by atoms with E-state index in [4.69, 9.17) is 27.9 Å². The summed E-state index contributed by atoms with van der Waals surface area (Å²) >= 11 is 12.7. The fourth-order valence-corrected chi connectivity index (χ4v) is 4.89. The van der Waals surface area contributed by atoms with Crippen molar-refractivity contribution in [3.8, 4) is 5.75 Å². The topological polar surface area (TPSA) is 81.5 Å². The number of nitrogens with zero attached hydrogens (tertiary/aromatic N) is 3. The van der Waals surface area contributed by atoms with Gasteiger partial charge in [-0.15, -0.1) is 0 Å². The molecule has 188 valence electrons. The summed E-state index contributed by atoms with van der Waals surface area (Å²) in [6.07, 6.45) is 1.80. The number of carbonyl (C=O) groups is 2. The molecule has 2 heterocycles. The highest BCUT2D eigenvalue weighted by atomic mass is 35.5. The number of amides is 1. The number of ether oxygens (including phenoxy) is 1. The molecule has 9 heteroatoms. The lowest BCUT2D eigenvalue weighted by Crippen LogP contribution is -2.47. The van der Waals surface area contributed by atoms with E-state index in [-0.39, 0.29) is 17.4 Å². The maximum absolute atomic E-state index is 13.6. The van der Waals surface area contributed by atoms with E-state index < -0.39 is 29.3 Å². The Morgan fingerprint density at radius 2 is 1.69 bits per heavy atom. The van der Waals surface area contributed by atoms with Gasteiger partial charge < -0.3 is 9.64 Å². The van der Waals surface area contributed by atoms with Gasteiger partial charge in [-0.3, -0.25) is 19.1 Å². The van der Waals surface area contributed by atoms with E-state index in [9.17, 15) is 14.4 Å². The number of carbonyl (C=O) groups excluding carboxylic acids is 2. The van der Waals surface area contributed by atoms with Gasteiger partial charge in [-0.1, -0.05) is 68.2 Å². The molecule has 4 rings (SSSR count). The fourth-order valence-electron chi connectivity index (χ4n) is 4.50. The third-order valence-corrected chi connectivity index (χ3v) is 6.62. The second-order valence-electron chi connectivity index (χ2n) is 9.11. The molecule has 36 heavy (non-hydrogen) atoms. The van der Waals surface area contributed by atoms with Gasteiger partial charge in [0.1, 0.15) is 0 Å². The molecule has 0 saturated carbocycles. The van der Waals surface area contributed by atoms with Crippen LogP contribution in [0, 0.1) is 5.92 Å². The molecule has 1 amide bonds. The molecule has 0 N–H and O–H groups in total. The summed E-state index contributed by atoms with van der Waals surface area (Å²) in [4.78, 5) is 40.5. The Bertz CT molecular complexity index is 1310. The molecule has 0 spiro atoms. The van der Waals surface area contributed by atoms with E-state index in [2.05, 4.69) is 5.10 Å². The Hall–Kier alpha value is -3.16. The zero-order valence-corrected chi connectivity index (χ0v) is 21.8. The van der Waals surface area contributed by atoms with Crippen molar-refractivity contribution in [2.24, 2.45) is 5.92 Å². The molecule has 3 aromatic rings. The summed E-state index contributed by atoms with van der Waals surface area (Å²) in [5.41, 5.74) is 1.14. The van der Waals surface area contributed by atoms with Gasteiger partial charge in [0.15, 0.2) is 5.69 Å². The van der Waals surface area contributed by atoms with E-state index in [1.54, 1.807) is 30.9 Å². The average Bonchev–Trinajstić information content (AvgIpc) is 2.83. The standard InChI is InChI=1S/C27H27Cl2N3O4/c1-4-11-31-15-21(23(17-7-5-9-19(28)12-17)18-8-6-10-20(29)13-18)32-24(26(31)34)25(22(33)14-30-32)36-27(35)16(2)3/h5-10,12-14,16,21,23H,4,11,15H2,1-3H3/t21-/m1/s1. The molecule has 1 aliphatic heterocycles. The SMILES string of the molecule is CCCN1C[C@H](C(c2cccc(Cl)c2)c2cccc(Cl)c2)n2ncc(=O)c(OC(=O)C(C)C)c2C1=O. The summed E-state index contributed by atoms with van der Waals surface area (Å²) in [5, 5.41) is 5.51. The predicted octanol–water partition coefficient (Wildman–Crippen LogP) is 5.35. The highest BCUT2D eigenvalue weighted by molar-refractivity contribution is 6.31. The summed E-state index contributed by atoms with van der Waals surface area (Å²) in [5.74, 6) is -2.10. The molecule has 1 aromatic heterocycles. The Morgan fingerprint density at radius 1 is 1.08 bits per heavy atom. The van der Waals surface area contributed by atoms with Gasteiger partial charge in [-0.2, -0.15) is 5.10 Å². The van der Waals surface area contributed by atoms with Crippen LogP contribution in [0.2, 0.25) is 10.0 Å². The van der Waals surface area contributed by atoms with Crippen LogP contribution in [-0.4, -0.2) is 39.6 Å². The number of esters is 1. The first-order valence-electron chi connectivity index (χ1n) is 11.8. The molecule has 7 nitrogen and oxygen atoms in total. The number of hydrogen-bond donors (Lipinski definition) is 0. The van der Waals surface area contributed by atoms with Gasteiger partial charge in [0.2, 0.25) is 11.2 Å². The fraction of sp³-hybridized carbons (Fsp3) is 0.333. The zero-order chi connectivity index (χ0) is 26.0. The van der Waals surface area contributed by atoms with Crippen LogP contribution in [0.1, 0.15) is 60.8 Å². The molecule has 0 saturated heterocycles. The molecule has 0 bridgehead atoms.